The highest BCUT2D eigenvalue weighted by atomic mass is 16.2. The number of carbonyl (C=O) groups is 4. The highest BCUT2D eigenvalue weighted by Crippen LogP contribution is 2.08. The Balaban J connectivity index is 0.000000668. The summed E-state index contributed by atoms with van der Waals surface area (Å²) in [4.78, 5) is 56.4. The van der Waals surface area contributed by atoms with Crippen molar-refractivity contribution < 1.29 is 19.2 Å². The van der Waals surface area contributed by atoms with E-state index in [0.29, 0.717) is 12.5 Å². The lowest BCUT2D eigenvalue weighted by molar-refractivity contribution is -0.124. The minimum atomic E-state index is -0.139. The normalized spacial score (nSPS) is 20.7. The van der Waals surface area contributed by atoms with Crippen LogP contribution in [0.4, 0.5) is 4.79 Å². The molecule has 5 rings (SSSR count). The molecule has 4 amide bonds. The Morgan fingerprint density at radius 1 is 0.561 bits per heavy atom. The number of hydrazine groups is 2. The Morgan fingerprint density at radius 3 is 1.30 bits per heavy atom. The fourth-order valence-electron chi connectivity index (χ4n) is 6.28. The molecule has 0 radical (unpaired) electrons. The molecule has 4 N–H and O–H groups in total. The summed E-state index contributed by atoms with van der Waals surface area (Å²) in [5.41, 5.74) is 5.52. The molecule has 16 heteroatoms. The Morgan fingerprint density at radius 2 is 0.965 bits per heavy atom. The van der Waals surface area contributed by atoms with E-state index in [0.717, 1.165) is 78.3 Å². The van der Waals surface area contributed by atoms with Gasteiger partial charge in [-0.3, -0.25) is 25.2 Å². The summed E-state index contributed by atoms with van der Waals surface area (Å²) in [5, 5.41) is 9.34. The van der Waals surface area contributed by atoms with E-state index in [1.54, 1.807) is 20.9 Å². The standard InChI is InChI=1S/C8H16N2O.C7H16N4O.C7H15N3O.C7H16N2.C7H15N.C5H8O/c1-7(11)9-8-3-5-10(2)6-4-8;1-8-7(12)9-11-5-3-10(2)4-6-11;1-7(11)8-10-5-3-9(2)4-6-10;1-3-9-6-4-8(2)5-7-9;1-2-8-6-4-3-5-7-8;1-3-5(6)4-2/h8H,3-6H2,1-2H3,(H,9,11);3-6H2,1-2H3,(H2,8,9,12);3-6H2,1-2H3,(H,8,11);3-7H2,1-2H3;2-7H2,1H3;3H,1,4H2,2H3. The van der Waals surface area contributed by atoms with E-state index >= 15 is 0 Å². The van der Waals surface area contributed by atoms with Crippen LogP contribution >= 0.6 is 0 Å². The van der Waals surface area contributed by atoms with Crippen molar-refractivity contribution in [1.82, 2.24) is 60.9 Å². The van der Waals surface area contributed by atoms with Crippen LogP contribution in [-0.4, -0.2) is 222 Å². The van der Waals surface area contributed by atoms with Gasteiger partial charge in [0.2, 0.25) is 11.8 Å². The molecule has 5 aliphatic heterocycles. The molecule has 16 nitrogen and oxygen atoms in total. The highest BCUT2D eigenvalue weighted by Gasteiger charge is 2.17. The molecule has 5 heterocycles. The van der Waals surface area contributed by atoms with Crippen LogP contribution in [0, 0.1) is 0 Å². The summed E-state index contributed by atoms with van der Waals surface area (Å²) in [6.45, 7) is 32.7. The number of amides is 4. The topological polar surface area (TPSA) is 142 Å². The lowest BCUT2D eigenvalue weighted by atomic mass is 10.1. The number of likely N-dealkylation sites (tertiary alicyclic amines) is 2. The van der Waals surface area contributed by atoms with E-state index in [9.17, 15) is 19.2 Å². The molecule has 0 aromatic carbocycles. The molecule has 0 saturated carbocycles. The molecule has 5 saturated heterocycles. The third kappa shape index (κ3) is 31.0. The molecule has 57 heavy (non-hydrogen) atoms. The number of hydrogen-bond acceptors (Lipinski definition) is 12. The van der Waals surface area contributed by atoms with Crippen LogP contribution in [-0.2, 0) is 14.4 Å². The molecule has 334 valence electrons. The van der Waals surface area contributed by atoms with Crippen molar-refractivity contribution in [1.29, 1.82) is 0 Å². The Bertz CT molecular complexity index is 1010. The second-order valence-corrected chi connectivity index (χ2v) is 15.5. The summed E-state index contributed by atoms with van der Waals surface area (Å²) >= 11 is 0. The summed E-state index contributed by atoms with van der Waals surface area (Å²) < 4.78 is 0. The summed E-state index contributed by atoms with van der Waals surface area (Å²) in [6.07, 6.45) is 8.40. The third-order valence-corrected chi connectivity index (χ3v) is 10.4. The van der Waals surface area contributed by atoms with Gasteiger partial charge >= 0.3 is 6.03 Å². The van der Waals surface area contributed by atoms with Gasteiger partial charge < -0.3 is 40.0 Å². The van der Waals surface area contributed by atoms with Crippen molar-refractivity contribution in [2.45, 2.75) is 79.2 Å². The molecule has 0 spiro atoms. The van der Waals surface area contributed by atoms with Gasteiger partial charge in [-0.15, -0.1) is 0 Å². The minimum absolute atomic E-state index is 0.0227. The zero-order chi connectivity index (χ0) is 43.0. The number of rotatable bonds is 7. The minimum Gasteiger partial charge on any atom is -0.354 e. The molecule has 0 unspecified atom stereocenters. The van der Waals surface area contributed by atoms with Crippen molar-refractivity contribution in [2.75, 3.05) is 153 Å². The van der Waals surface area contributed by atoms with Gasteiger partial charge in [0.15, 0.2) is 5.78 Å². The lowest BCUT2D eigenvalue weighted by Gasteiger charge is -2.32. The van der Waals surface area contributed by atoms with E-state index in [4.69, 9.17) is 0 Å². The SMILES string of the molecule is C=CC(=O)CC.CC(=O)NC1CCN(C)CC1.CC(=O)NN1CCN(C)CC1.CCN1CCCCC1.CCN1CCN(C)CC1.CNC(=O)NN1CCN(C)CC1. The van der Waals surface area contributed by atoms with E-state index in [1.807, 2.05) is 16.9 Å². The molecule has 0 atom stereocenters. The first-order chi connectivity index (χ1) is 27.1. The number of likely N-dealkylation sites (N-methyl/N-ethyl adjacent to an activating group) is 4. The number of nitrogens with one attached hydrogen (secondary N) is 4. The maximum Gasteiger partial charge on any atom is 0.329 e. The van der Waals surface area contributed by atoms with Crippen LogP contribution in [0.1, 0.15) is 73.1 Å². The summed E-state index contributed by atoms with van der Waals surface area (Å²) in [6, 6.07) is 0.281. The predicted octanol–water partition coefficient (Wildman–Crippen LogP) is 1.48. The first-order valence-electron chi connectivity index (χ1n) is 21.5. The van der Waals surface area contributed by atoms with E-state index < -0.39 is 0 Å². The number of ketones is 1. The molecule has 5 fully saturated rings. The number of carbonyl (C=O) groups excluding carboxylic acids is 4. The number of urea groups is 1. The van der Waals surface area contributed by atoms with E-state index in [1.165, 1.54) is 77.7 Å². The highest BCUT2D eigenvalue weighted by molar-refractivity contribution is 5.88. The van der Waals surface area contributed by atoms with Gasteiger partial charge in [-0.25, -0.2) is 14.8 Å². The van der Waals surface area contributed by atoms with Gasteiger partial charge in [0.25, 0.3) is 0 Å². The second kappa shape index (κ2) is 34.2. The van der Waals surface area contributed by atoms with Crippen molar-refractivity contribution in [3.63, 3.8) is 0 Å². The van der Waals surface area contributed by atoms with E-state index in [-0.39, 0.29) is 23.6 Å². The number of piperazine rings is 3. The molecule has 0 aromatic rings. The fraction of sp³-hybridized carbons (Fsp3) is 0.854. The molecule has 0 aromatic heterocycles. The van der Waals surface area contributed by atoms with Crippen molar-refractivity contribution in [3.05, 3.63) is 12.7 Å². The Labute approximate surface area is 348 Å². The number of piperidine rings is 2. The van der Waals surface area contributed by atoms with Crippen LogP contribution in [0.3, 0.4) is 0 Å². The van der Waals surface area contributed by atoms with Gasteiger partial charge in [0.05, 0.1) is 0 Å². The van der Waals surface area contributed by atoms with Crippen LogP contribution in [0.2, 0.25) is 0 Å². The first kappa shape index (κ1) is 54.3. The van der Waals surface area contributed by atoms with Gasteiger partial charge in [-0.2, -0.15) is 0 Å². The zero-order valence-corrected chi connectivity index (χ0v) is 38.0. The molecule has 0 bridgehead atoms. The Kier molecular flexibility index (Phi) is 32.6. The van der Waals surface area contributed by atoms with E-state index in [2.05, 4.69) is 99.5 Å². The number of hydrogen-bond donors (Lipinski definition) is 4. The van der Waals surface area contributed by atoms with Gasteiger partial charge in [-0.05, 0) is 99.2 Å². The number of nitrogens with zero attached hydrogens (tertiary/aromatic N) is 8. The predicted molar refractivity (Wildman–Crippen MR) is 235 cm³/mol. The lowest BCUT2D eigenvalue weighted by Crippen LogP contribution is -2.54. The maximum atomic E-state index is 10.9. The smallest absolute Gasteiger partial charge is 0.329 e. The molecular formula is C41H86N12O4. The van der Waals surface area contributed by atoms with Gasteiger partial charge in [0.1, 0.15) is 0 Å². The van der Waals surface area contributed by atoms with Gasteiger partial charge in [0, 0.05) is 112 Å². The molecule has 0 aliphatic carbocycles. The average Bonchev–Trinajstić information content (AvgIpc) is 3.21. The average molecular weight is 811 g/mol. The van der Waals surface area contributed by atoms with Crippen LogP contribution in [0.5, 0.6) is 0 Å². The second-order valence-electron chi connectivity index (χ2n) is 15.5. The zero-order valence-electron chi connectivity index (χ0n) is 38.0. The first-order valence-corrected chi connectivity index (χ1v) is 21.5. The monoisotopic (exact) mass is 811 g/mol. The molecule has 5 aliphatic rings. The summed E-state index contributed by atoms with van der Waals surface area (Å²) in [5.74, 6) is 0.226. The van der Waals surface area contributed by atoms with Gasteiger partial charge in [-0.1, -0.05) is 33.8 Å². The Hall–Kier alpha value is -2.70. The van der Waals surface area contributed by atoms with Crippen molar-refractivity contribution in [3.8, 4) is 0 Å². The van der Waals surface area contributed by atoms with Crippen molar-refractivity contribution in [2.24, 2.45) is 0 Å². The summed E-state index contributed by atoms with van der Waals surface area (Å²) in [7, 11) is 10.1. The molecular weight excluding hydrogens is 725 g/mol. The van der Waals surface area contributed by atoms with Crippen LogP contribution in [0.15, 0.2) is 12.7 Å². The van der Waals surface area contributed by atoms with Crippen LogP contribution in [0.25, 0.3) is 0 Å². The number of allylic oxidation sites excluding steroid dienone is 1. The maximum absolute atomic E-state index is 10.9. The largest absolute Gasteiger partial charge is 0.354 e. The quantitative estimate of drug-likeness (QED) is 0.277. The van der Waals surface area contributed by atoms with Crippen LogP contribution < -0.4 is 21.5 Å². The third-order valence-electron chi connectivity index (χ3n) is 10.4. The fourth-order valence-corrected chi connectivity index (χ4v) is 6.28. The van der Waals surface area contributed by atoms with Crippen molar-refractivity contribution >= 4 is 23.6 Å².